The van der Waals surface area contributed by atoms with Crippen LogP contribution in [0.4, 0.5) is 5.69 Å². The first-order valence-electron chi connectivity index (χ1n) is 11.0. The van der Waals surface area contributed by atoms with E-state index >= 15 is 0 Å². The van der Waals surface area contributed by atoms with Crippen LogP contribution >= 0.6 is 0 Å². The van der Waals surface area contributed by atoms with E-state index in [1.54, 1.807) is 48.7 Å². The van der Waals surface area contributed by atoms with Gasteiger partial charge in [0.2, 0.25) is 10.0 Å². The van der Waals surface area contributed by atoms with Gasteiger partial charge in [-0.3, -0.25) is 9.59 Å². The van der Waals surface area contributed by atoms with Crippen LogP contribution in [0.2, 0.25) is 0 Å². The Morgan fingerprint density at radius 3 is 2.48 bits per heavy atom. The molecule has 0 spiro atoms. The van der Waals surface area contributed by atoms with Crippen molar-refractivity contribution in [1.82, 2.24) is 9.62 Å². The van der Waals surface area contributed by atoms with Crippen molar-refractivity contribution < 1.29 is 22.7 Å². The van der Waals surface area contributed by atoms with E-state index in [1.165, 1.54) is 0 Å². The predicted octanol–water partition coefficient (Wildman–Crippen LogP) is 3.00. The largest absolute Gasteiger partial charge is 0.497 e. The van der Waals surface area contributed by atoms with Crippen LogP contribution in [0.25, 0.3) is 0 Å². The van der Waals surface area contributed by atoms with Crippen molar-refractivity contribution in [2.45, 2.75) is 50.5 Å². The summed E-state index contributed by atoms with van der Waals surface area (Å²) in [6.45, 7) is 4.33. The summed E-state index contributed by atoms with van der Waals surface area (Å²) in [6, 6.07) is 11.8. The van der Waals surface area contributed by atoms with Gasteiger partial charge in [0.15, 0.2) is 0 Å². The Morgan fingerprint density at radius 2 is 1.79 bits per heavy atom. The Kier molecular flexibility index (Phi) is 8.10. The molecule has 0 aliphatic carbocycles. The van der Waals surface area contributed by atoms with Crippen LogP contribution in [0, 0.1) is 13.8 Å². The molecule has 0 aromatic heterocycles. The number of rotatable bonds is 7. The van der Waals surface area contributed by atoms with E-state index in [1.807, 2.05) is 19.1 Å². The van der Waals surface area contributed by atoms with Crippen LogP contribution in [0.1, 0.15) is 36.8 Å². The van der Waals surface area contributed by atoms with Crippen molar-refractivity contribution in [3.05, 3.63) is 53.6 Å². The van der Waals surface area contributed by atoms with Gasteiger partial charge in [-0.05, 0) is 74.6 Å². The highest BCUT2D eigenvalue weighted by Gasteiger charge is 2.34. The van der Waals surface area contributed by atoms with Gasteiger partial charge in [0.1, 0.15) is 5.75 Å². The van der Waals surface area contributed by atoms with Crippen LogP contribution in [-0.2, 0) is 19.6 Å². The molecule has 1 aliphatic rings. The standard InChI is InChI=1S/C24H31N3O5S/c1-17-7-8-18(2)22(16-17)33(30,31)27-15-5-4-6-20(27)13-14-25-23(28)24(29)26-19-9-11-21(32-3)12-10-19/h7-12,16,20H,4-6,13-15H2,1-3H3,(H,25,28)(H,26,29). The van der Waals surface area contributed by atoms with Crippen molar-refractivity contribution in [2.75, 3.05) is 25.5 Å². The lowest BCUT2D eigenvalue weighted by Crippen LogP contribution is -2.46. The number of hydrogen-bond acceptors (Lipinski definition) is 5. The first-order chi connectivity index (χ1) is 15.7. The lowest BCUT2D eigenvalue weighted by molar-refractivity contribution is -0.136. The topological polar surface area (TPSA) is 105 Å². The zero-order valence-electron chi connectivity index (χ0n) is 19.3. The normalized spacial score (nSPS) is 16.8. The molecule has 1 aliphatic heterocycles. The van der Waals surface area contributed by atoms with E-state index in [0.717, 1.165) is 24.8 Å². The fraction of sp³-hybridized carbons (Fsp3) is 0.417. The number of hydrogen-bond donors (Lipinski definition) is 2. The number of aryl methyl sites for hydroxylation is 2. The molecule has 0 bridgehead atoms. The summed E-state index contributed by atoms with van der Waals surface area (Å²) < 4.78 is 33.4. The first kappa shape index (κ1) is 24.7. The third kappa shape index (κ3) is 6.11. The van der Waals surface area contributed by atoms with Crippen LogP contribution in [0.5, 0.6) is 5.75 Å². The lowest BCUT2D eigenvalue weighted by Gasteiger charge is -2.35. The molecule has 1 heterocycles. The molecular formula is C24H31N3O5S. The zero-order valence-corrected chi connectivity index (χ0v) is 20.1. The second-order valence-corrected chi connectivity index (χ2v) is 10.1. The number of carbonyl (C=O) groups is 2. The molecule has 0 saturated carbocycles. The molecule has 2 aromatic rings. The maximum atomic E-state index is 13.4. The monoisotopic (exact) mass is 473 g/mol. The van der Waals surface area contributed by atoms with Crippen molar-refractivity contribution in [2.24, 2.45) is 0 Å². The minimum atomic E-state index is -3.65. The third-order valence-corrected chi connectivity index (χ3v) is 7.91. The summed E-state index contributed by atoms with van der Waals surface area (Å²) in [5.74, 6) is -0.889. The number of benzene rings is 2. The predicted molar refractivity (Wildman–Crippen MR) is 127 cm³/mol. The highest BCUT2D eigenvalue weighted by Crippen LogP contribution is 2.29. The SMILES string of the molecule is COc1ccc(NC(=O)C(=O)NCCC2CCCCN2S(=O)(=O)c2cc(C)ccc2C)cc1. The number of sulfonamides is 1. The number of amides is 2. The van der Waals surface area contributed by atoms with Gasteiger partial charge in [0, 0.05) is 24.8 Å². The molecule has 1 unspecified atom stereocenters. The van der Waals surface area contributed by atoms with E-state index in [0.29, 0.717) is 34.9 Å². The molecule has 1 fully saturated rings. The second kappa shape index (κ2) is 10.8. The lowest BCUT2D eigenvalue weighted by atomic mass is 10.0. The van der Waals surface area contributed by atoms with Crippen LogP contribution in [0.15, 0.2) is 47.4 Å². The van der Waals surface area contributed by atoms with Gasteiger partial charge in [-0.1, -0.05) is 18.6 Å². The summed E-state index contributed by atoms with van der Waals surface area (Å²) in [6.07, 6.45) is 2.89. The molecule has 1 saturated heterocycles. The smallest absolute Gasteiger partial charge is 0.313 e. The van der Waals surface area contributed by atoms with Crippen molar-refractivity contribution >= 4 is 27.5 Å². The average molecular weight is 474 g/mol. The molecule has 3 rings (SSSR count). The maximum absolute atomic E-state index is 13.4. The Hall–Kier alpha value is -2.91. The molecule has 9 heteroatoms. The quantitative estimate of drug-likeness (QED) is 0.602. The molecule has 1 atom stereocenters. The van der Waals surface area contributed by atoms with Gasteiger partial charge in [0.25, 0.3) is 0 Å². The molecule has 8 nitrogen and oxygen atoms in total. The fourth-order valence-electron chi connectivity index (χ4n) is 3.99. The Labute approximate surface area is 195 Å². The van der Waals surface area contributed by atoms with Gasteiger partial charge in [-0.15, -0.1) is 0 Å². The summed E-state index contributed by atoms with van der Waals surface area (Å²) in [7, 11) is -2.10. The fourth-order valence-corrected chi connectivity index (χ4v) is 6.02. The van der Waals surface area contributed by atoms with E-state index in [4.69, 9.17) is 4.74 Å². The maximum Gasteiger partial charge on any atom is 0.313 e. The number of anilines is 1. The van der Waals surface area contributed by atoms with Crippen LogP contribution < -0.4 is 15.4 Å². The molecule has 0 radical (unpaired) electrons. The minimum absolute atomic E-state index is 0.207. The van der Waals surface area contributed by atoms with E-state index in [2.05, 4.69) is 10.6 Å². The Balaban J connectivity index is 1.59. The molecule has 178 valence electrons. The summed E-state index contributed by atoms with van der Waals surface area (Å²) in [5, 5.41) is 5.14. The van der Waals surface area contributed by atoms with Crippen molar-refractivity contribution in [3.8, 4) is 5.75 Å². The third-order valence-electron chi connectivity index (χ3n) is 5.82. The minimum Gasteiger partial charge on any atom is -0.497 e. The Bertz CT molecular complexity index is 1100. The number of piperidine rings is 1. The zero-order chi connectivity index (χ0) is 24.0. The highest BCUT2D eigenvalue weighted by atomic mass is 32.2. The summed E-state index contributed by atoms with van der Waals surface area (Å²) >= 11 is 0. The number of carbonyl (C=O) groups excluding carboxylic acids is 2. The average Bonchev–Trinajstić information content (AvgIpc) is 2.81. The molecular weight excluding hydrogens is 442 g/mol. The van der Waals surface area contributed by atoms with Gasteiger partial charge in [-0.25, -0.2) is 8.42 Å². The van der Waals surface area contributed by atoms with Crippen LogP contribution in [0.3, 0.4) is 0 Å². The number of ether oxygens (including phenoxy) is 1. The highest BCUT2D eigenvalue weighted by molar-refractivity contribution is 7.89. The number of nitrogens with one attached hydrogen (secondary N) is 2. The van der Waals surface area contributed by atoms with Gasteiger partial charge < -0.3 is 15.4 Å². The molecule has 2 aromatic carbocycles. The van der Waals surface area contributed by atoms with Gasteiger partial charge in [0.05, 0.1) is 12.0 Å². The van der Waals surface area contributed by atoms with E-state index < -0.39 is 21.8 Å². The van der Waals surface area contributed by atoms with E-state index in [9.17, 15) is 18.0 Å². The first-order valence-corrected chi connectivity index (χ1v) is 12.5. The summed E-state index contributed by atoms with van der Waals surface area (Å²) in [4.78, 5) is 24.7. The van der Waals surface area contributed by atoms with E-state index in [-0.39, 0.29) is 12.6 Å². The number of methoxy groups -OCH3 is 1. The molecule has 2 amide bonds. The number of nitrogens with zero attached hydrogens (tertiary/aromatic N) is 1. The molecule has 2 N–H and O–H groups in total. The Morgan fingerprint density at radius 1 is 1.06 bits per heavy atom. The second-order valence-electron chi connectivity index (χ2n) is 8.26. The summed E-state index contributed by atoms with van der Waals surface area (Å²) in [5.41, 5.74) is 2.09. The van der Waals surface area contributed by atoms with Gasteiger partial charge in [-0.2, -0.15) is 4.31 Å². The van der Waals surface area contributed by atoms with Crippen LogP contribution in [-0.4, -0.2) is 50.8 Å². The van der Waals surface area contributed by atoms with Crippen molar-refractivity contribution in [3.63, 3.8) is 0 Å². The van der Waals surface area contributed by atoms with Gasteiger partial charge >= 0.3 is 11.8 Å². The van der Waals surface area contributed by atoms with Crippen molar-refractivity contribution in [1.29, 1.82) is 0 Å². The molecule has 33 heavy (non-hydrogen) atoms.